The van der Waals surface area contributed by atoms with Gasteiger partial charge in [-0.15, -0.1) is 10.2 Å². The zero-order valence-corrected chi connectivity index (χ0v) is 15.9. The van der Waals surface area contributed by atoms with Crippen molar-refractivity contribution in [3.63, 3.8) is 0 Å². The Labute approximate surface area is 158 Å². The molecule has 1 amide bonds. The molecule has 0 bridgehead atoms. The molecule has 2 fully saturated rings. The number of rotatable bonds is 4. The van der Waals surface area contributed by atoms with Gasteiger partial charge in [0.15, 0.2) is 12.0 Å². The number of nitrogens with one attached hydrogen (secondary N) is 1. The summed E-state index contributed by atoms with van der Waals surface area (Å²) in [4.78, 5) is 13.7. The molecule has 2 aliphatic rings. The van der Waals surface area contributed by atoms with Crippen molar-refractivity contribution in [1.29, 1.82) is 5.26 Å². The quantitative estimate of drug-likeness (QED) is 0.848. The van der Waals surface area contributed by atoms with Crippen LogP contribution in [-0.2, 0) is 14.2 Å². The van der Waals surface area contributed by atoms with Crippen LogP contribution in [0.1, 0.15) is 32.9 Å². The maximum atomic E-state index is 12.0. The van der Waals surface area contributed by atoms with Gasteiger partial charge in [0.05, 0.1) is 18.6 Å². The molecule has 3 heterocycles. The van der Waals surface area contributed by atoms with Crippen LogP contribution in [-0.4, -0.2) is 65.9 Å². The Morgan fingerprint density at radius 1 is 1.37 bits per heavy atom. The fraction of sp³-hybridized carbons (Fsp3) is 0.667. The van der Waals surface area contributed by atoms with Crippen molar-refractivity contribution in [1.82, 2.24) is 15.1 Å². The molecule has 9 nitrogen and oxygen atoms in total. The maximum Gasteiger partial charge on any atom is 0.410 e. The normalized spacial score (nSPS) is 19.3. The Hall–Kier alpha value is -2.44. The molecule has 1 spiro atoms. The first-order chi connectivity index (χ1) is 12.8. The first kappa shape index (κ1) is 19.3. The third-order valence-electron chi connectivity index (χ3n) is 4.32. The van der Waals surface area contributed by atoms with Gasteiger partial charge < -0.3 is 24.4 Å². The Morgan fingerprint density at radius 2 is 2.07 bits per heavy atom. The van der Waals surface area contributed by atoms with E-state index < -0.39 is 5.60 Å². The molecule has 146 valence electrons. The van der Waals surface area contributed by atoms with Gasteiger partial charge in [0.1, 0.15) is 17.5 Å². The Kier molecular flexibility index (Phi) is 5.48. The summed E-state index contributed by atoms with van der Waals surface area (Å²) < 4.78 is 17.0. The van der Waals surface area contributed by atoms with E-state index in [1.807, 2.05) is 26.8 Å². The topological polar surface area (TPSA) is 110 Å². The van der Waals surface area contributed by atoms with Crippen molar-refractivity contribution in [2.24, 2.45) is 5.41 Å². The molecule has 27 heavy (non-hydrogen) atoms. The minimum absolute atomic E-state index is 0.126. The molecule has 0 aromatic carbocycles. The highest BCUT2D eigenvalue weighted by molar-refractivity contribution is 5.69. The number of nitrogens with zero attached hydrogens (tertiary/aromatic N) is 4. The van der Waals surface area contributed by atoms with Gasteiger partial charge in [-0.2, -0.15) is 5.26 Å². The number of nitriles is 1. The van der Waals surface area contributed by atoms with E-state index in [0.29, 0.717) is 45.1 Å². The SMILES string of the molecule is CC(C)(C)OC(=O)N1CC2(COC(CCNc3ccc(C#N)nn3)OC2)C1. The van der Waals surface area contributed by atoms with Crippen molar-refractivity contribution < 1.29 is 19.0 Å². The predicted molar refractivity (Wildman–Crippen MR) is 95.8 cm³/mol. The van der Waals surface area contributed by atoms with Crippen molar-refractivity contribution in [2.75, 3.05) is 38.2 Å². The van der Waals surface area contributed by atoms with Gasteiger partial charge >= 0.3 is 6.09 Å². The van der Waals surface area contributed by atoms with Gasteiger partial charge in [0.2, 0.25) is 0 Å². The number of hydrogen-bond acceptors (Lipinski definition) is 8. The standard InChI is InChI=1S/C18H25N5O4/c1-17(2,3)27-16(24)23-9-18(10-23)11-25-15(26-12-18)6-7-20-14-5-4-13(8-19)21-22-14/h4-5,15H,6-7,9-12H2,1-3H3,(H,20,22). The number of anilines is 1. The van der Waals surface area contributed by atoms with Crippen LogP contribution in [0.4, 0.5) is 10.6 Å². The Morgan fingerprint density at radius 3 is 2.63 bits per heavy atom. The van der Waals surface area contributed by atoms with Crippen LogP contribution in [0.3, 0.4) is 0 Å². The second-order valence-electron chi connectivity index (χ2n) is 8.02. The van der Waals surface area contributed by atoms with E-state index in [1.165, 1.54) is 0 Å². The predicted octanol–water partition coefficient (Wildman–Crippen LogP) is 1.76. The van der Waals surface area contributed by atoms with E-state index in [2.05, 4.69) is 15.5 Å². The highest BCUT2D eigenvalue weighted by atomic mass is 16.7. The molecule has 2 saturated heterocycles. The average Bonchev–Trinajstić information content (AvgIpc) is 2.59. The molecular formula is C18H25N5O4. The zero-order chi connectivity index (χ0) is 19.5. The van der Waals surface area contributed by atoms with Crippen LogP contribution in [0.15, 0.2) is 12.1 Å². The van der Waals surface area contributed by atoms with Crippen LogP contribution in [0.2, 0.25) is 0 Å². The largest absolute Gasteiger partial charge is 0.444 e. The number of hydrogen-bond donors (Lipinski definition) is 1. The minimum Gasteiger partial charge on any atom is -0.444 e. The van der Waals surface area contributed by atoms with Crippen LogP contribution >= 0.6 is 0 Å². The first-order valence-corrected chi connectivity index (χ1v) is 8.97. The molecule has 2 aliphatic heterocycles. The van der Waals surface area contributed by atoms with Crippen molar-refractivity contribution in [3.8, 4) is 6.07 Å². The van der Waals surface area contributed by atoms with Gasteiger partial charge in [-0.1, -0.05) is 0 Å². The molecule has 0 saturated carbocycles. The number of likely N-dealkylation sites (tertiary alicyclic amines) is 1. The highest BCUT2D eigenvalue weighted by Gasteiger charge is 2.49. The summed E-state index contributed by atoms with van der Waals surface area (Å²) in [5.41, 5.74) is -0.332. The van der Waals surface area contributed by atoms with Crippen LogP contribution in [0.25, 0.3) is 0 Å². The fourth-order valence-electron chi connectivity index (χ4n) is 3.00. The Balaban J connectivity index is 1.35. The number of aromatic nitrogens is 2. The summed E-state index contributed by atoms with van der Waals surface area (Å²) in [5.74, 6) is 0.605. The Bertz CT molecular complexity index is 694. The second kappa shape index (κ2) is 7.66. The second-order valence-corrected chi connectivity index (χ2v) is 8.02. The summed E-state index contributed by atoms with van der Waals surface area (Å²) >= 11 is 0. The van der Waals surface area contributed by atoms with E-state index >= 15 is 0 Å². The maximum absolute atomic E-state index is 12.0. The average molecular weight is 375 g/mol. The lowest BCUT2D eigenvalue weighted by Gasteiger charge is -2.52. The molecule has 1 N–H and O–H groups in total. The van der Waals surface area contributed by atoms with Crippen molar-refractivity contribution in [3.05, 3.63) is 17.8 Å². The van der Waals surface area contributed by atoms with Crippen molar-refractivity contribution in [2.45, 2.75) is 39.1 Å². The van der Waals surface area contributed by atoms with Crippen LogP contribution < -0.4 is 5.32 Å². The molecule has 1 aromatic heterocycles. The molecule has 1 aromatic rings. The number of carbonyl (C=O) groups excluding carboxylic acids is 1. The molecule has 9 heteroatoms. The fourth-order valence-corrected chi connectivity index (χ4v) is 3.00. The van der Waals surface area contributed by atoms with Crippen molar-refractivity contribution >= 4 is 11.9 Å². The molecular weight excluding hydrogens is 350 g/mol. The summed E-state index contributed by atoms with van der Waals surface area (Å²) in [5, 5.41) is 19.5. The third kappa shape index (κ3) is 5.05. The lowest BCUT2D eigenvalue weighted by atomic mass is 9.81. The van der Waals surface area contributed by atoms with Gasteiger partial charge in [-0.3, -0.25) is 0 Å². The lowest BCUT2D eigenvalue weighted by molar-refractivity contribution is -0.254. The summed E-state index contributed by atoms with van der Waals surface area (Å²) in [6.45, 7) is 8.49. The molecule has 0 unspecified atom stereocenters. The monoisotopic (exact) mass is 375 g/mol. The molecule has 0 radical (unpaired) electrons. The molecule has 3 rings (SSSR count). The van der Waals surface area contributed by atoms with E-state index in [1.54, 1.807) is 17.0 Å². The smallest absolute Gasteiger partial charge is 0.410 e. The van der Waals surface area contributed by atoms with Gasteiger partial charge in [0.25, 0.3) is 0 Å². The van der Waals surface area contributed by atoms with E-state index in [4.69, 9.17) is 19.5 Å². The minimum atomic E-state index is -0.489. The van der Waals surface area contributed by atoms with Crippen LogP contribution in [0.5, 0.6) is 0 Å². The summed E-state index contributed by atoms with van der Waals surface area (Å²) in [6, 6.07) is 5.25. The lowest BCUT2D eigenvalue weighted by Crippen LogP contribution is -2.65. The summed E-state index contributed by atoms with van der Waals surface area (Å²) in [7, 11) is 0. The third-order valence-corrected chi connectivity index (χ3v) is 4.32. The summed E-state index contributed by atoms with van der Waals surface area (Å²) in [6.07, 6.45) is 0.0843. The first-order valence-electron chi connectivity index (χ1n) is 8.97. The van der Waals surface area contributed by atoms with E-state index in [0.717, 1.165) is 0 Å². The van der Waals surface area contributed by atoms with E-state index in [-0.39, 0.29) is 23.5 Å². The van der Waals surface area contributed by atoms with Crippen LogP contribution in [0, 0.1) is 16.7 Å². The van der Waals surface area contributed by atoms with E-state index in [9.17, 15) is 4.79 Å². The van der Waals surface area contributed by atoms with Gasteiger partial charge in [0, 0.05) is 26.1 Å². The van der Waals surface area contributed by atoms with Gasteiger partial charge in [-0.25, -0.2) is 4.79 Å². The number of carbonyl (C=O) groups is 1. The number of ether oxygens (including phenoxy) is 3. The highest BCUT2D eigenvalue weighted by Crippen LogP contribution is 2.36. The van der Waals surface area contributed by atoms with Gasteiger partial charge in [-0.05, 0) is 32.9 Å². The molecule has 0 aliphatic carbocycles. The zero-order valence-electron chi connectivity index (χ0n) is 15.9. The molecule has 0 atom stereocenters. The number of amides is 1.